The predicted molar refractivity (Wildman–Crippen MR) is 253 cm³/mol. The largest absolute Gasteiger partial charge is 0.493 e. The molecule has 0 spiro atoms. The first-order valence-corrected chi connectivity index (χ1v) is 25.6. The molecule has 1 fully saturated rings. The topological polar surface area (TPSA) is 142 Å². The minimum absolute atomic E-state index is 0.0120. The second kappa shape index (κ2) is 19.0. The van der Waals surface area contributed by atoms with Crippen LogP contribution in [-0.4, -0.2) is 75.7 Å². The molecule has 0 bridgehead atoms. The van der Waals surface area contributed by atoms with E-state index in [1.54, 1.807) is 70.8 Å². The van der Waals surface area contributed by atoms with Crippen molar-refractivity contribution in [2.24, 2.45) is 0 Å². The predicted octanol–water partition coefficient (Wildman–Crippen LogP) is 8.70. The Morgan fingerprint density at radius 2 is 1.37 bits per heavy atom. The van der Waals surface area contributed by atoms with E-state index >= 15 is 4.39 Å². The molecule has 19 heteroatoms. The van der Waals surface area contributed by atoms with Crippen LogP contribution in [0.3, 0.4) is 0 Å². The van der Waals surface area contributed by atoms with Crippen molar-refractivity contribution >= 4 is 42.7 Å². The molecule has 2 heterocycles. The van der Waals surface area contributed by atoms with E-state index in [9.17, 15) is 35.4 Å². The van der Waals surface area contributed by atoms with Crippen molar-refractivity contribution < 1.29 is 49.1 Å². The molecule has 1 aliphatic rings. The van der Waals surface area contributed by atoms with Crippen LogP contribution in [0.15, 0.2) is 101 Å². The third-order valence-corrected chi connectivity index (χ3v) is 13.8. The monoisotopic (exact) mass is 978 g/mol. The molecule has 13 nitrogen and oxygen atoms in total. The molecule has 0 unspecified atom stereocenters. The summed E-state index contributed by atoms with van der Waals surface area (Å²) >= 11 is 0. The van der Waals surface area contributed by atoms with Crippen LogP contribution in [0.25, 0.3) is 33.2 Å². The Kier molecular flexibility index (Phi) is 13.4. The lowest BCUT2D eigenvalue weighted by Gasteiger charge is -2.21. The molecule has 0 amide bonds. The number of hydrogen-bond acceptors (Lipinski definition) is 9. The fourth-order valence-electron chi connectivity index (χ4n) is 8.86. The van der Waals surface area contributed by atoms with Crippen LogP contribution in [0.1, 0.15) is 67.1 Å². The van der Waals surface area contributed by atoms with Gasteiger partial charge in [0.25, 0.3) is 0 Å². The quantitative estimate of drug-likeness (QED) is 0.0773. The van der Waals surface area contributed by atoms with Gasteiger partial charge < -0.3 is 18.9 Å². The highest BCUT2D eigenvalue weighted by Crippen LogP contribution is 2.41. The zero-order chi connectivity index (χ0) is 48.8. The van der Waals surface area contributed by atoms with Gasteiger partial charge >= 0.3 is 17.6 Å². The molecule has 3 atom stereocenters. The number of fused-ring (bicyclic) bond motifs is 2. The Balaban J connectivity index is 1.15. The maximum Gasteiger partial charge on any atom is 0.416 e. The zero-order valence-electron chi connectivity index (χ0n) is 38.1. The average Bonchev–Trinajstić information content (AvgIpc) is 4.03. The van der Waals surface area contributed by atoms with Gasteiger partial charge in [0.2, 0.25) is 0 Å². The first kappa shape index (κ1) is 48.1. The second-order valence-electron chi connectivity index (χ2n) is 16.7. The summed E-state index contributed by atoms with van der Waals surface area (Å²) in [6.07, 6.45) is -0.535. The van der Waals surface area contributed by atoms with Gasteiger partial charge in [0, 0.05) is 52.8 Å². The van der Waals surface area contributed by atoms with E-state index in [2.05, 4.69) is 0 Å². The lowest BCUT2D eigenvalue weighted by atomic mass is 10.0. The van der Waals surface area contributed by atoms with Crippen LogP contribution in [0.4, 0.5) is 17.6 Å². The van der Waals surface area contributed by atoms with Crippen LogP contribution in [-0.2, 0) is 40.0 Å². The number of ether oxygens (including phenoxy) is 4. The van der Waals surface area contributed by atoms with E-state index < -0.39 is 61.7 Å². The summed E-state index contributed by atoms with van der Waals surface area (Å²) in [5.41, 5.74) is 1.17. The number of aryl methyl sites for hydroxylation is 1. The van der Waals surface area contributed by atoms with Gasteiger partial charge in [-0.25, -0.2) is 22.4 Å². The number of halogens is 4. The third-order valence-electron chi connectivity index (χ3n) is 12.1. The summed E-state index contributed by atoms with van der Waals surface area (Å²) in [5, 5.41) is 0. The van der Waals surface area contributed by atoms with Crippen LogP contribution in [0.2, 0.25) is 0 Å². The van der Waals surface area contributed by atoms with Crippen LogP contribution in [0.5, 0.6) is 23.0 Å². The average molecular weight is 979 g/mol. The van der Waals surface area contributed by atoms with Gasteiger partial charge in [0.1, 0.15) is 22.3 Å². The standard InChI is InChI=1S/C49H50F4N4O9S2/c1-7-54-38-25-33(49(51,52)53)15-19-36(38)57(47(54)58)41(28-68(6,61)62)31-14-21-43(64-4)45(24-31)66-26-32-10-9-11-35(46(32)50)29-12-18-37-39(22-29)55(34-16-17-34)48(59)56(37)40(27-67(5)60)30-13-20-42(63-3)44(23-30)65-8-2/h9-15,18-25,34,40-41H,7-8,16-17,26-28H2,1-6H3/t40-,41-,67+/m0/s1. The smallest absolute Gasteiger partial charge is 0.416 e. The SMILES string of the molecule is CCOc1cc([C@H](C[S@@](C)=O)n2c(=O)n(C3CC3)c3cc(-c4cccc(COc5cc([C@H](CS(C)(=O)=O)n6c(=O)n(CC)c7cc(C(F)(F)F)ccc76)ccc5OC)c4F)ccc32)ccc1OC. The fraction of sp³-hybridized carbons (Fsp3) is 0.347. The van der Waals surface area contributed by atoms with Crippen molar-refractivity contribution in [1.29, 1.82) is 0 Å². The van der Waals surface area contributed by atoms with E-state index in [-0.39, 0.29) is 69.9 Å². The number of sulfone groups is 1. The molecule has 68 heavy (non-hydrogen) atoms. The van der Waals surface area contributed by atoms with E-state index in [0.29, 0.717) is 40.3 Å². The molecule has 360 valence electrons. The number of aromatic nitrogens is 4. The van der Waals surface area contributed by atoms with Crippen molar-refractivity contribution in [1.82, 2.24) is 18.3 Å². The van der Waals surface area contributed by atoms with Gasteiger partial charge in [0.15, 0.2) is 23.0 Å². The number of rotatable bonds is 18. The number of methoxy groups -OCH3 is 2. The summed E-state index contributed by atoms with van der Waals surface area (Å²) in [6, 6.07) is 21.0. The summed E-state index contributed by atoms with van der Waals surface area (Å²) in [6.45, 7) is 3.53. The van der Waals surface area contributed by atoms with Crippen LogP contribution < -0.4 is 30.3 Å². The summed E-state index contributed by atoms with van der Waals surface area (Å²) in [4.78, 5) is 28.4. The lowest BCUT2D eigenvalue weighted by molar-refractivity contribution is -0.137. The molecule has 7 aromatic rings. The maximum absolute atomic E-state index is 16.8. The molecule has 1 saturated carbocycles. The molecule has 0 radical (unpaired) electrons. The highest BCUT2D eigenvalue weighted by Gasteiger charge is 2.34. The molecule has 1 aliphatic carbocycles. The number of benzene rings is 5. The van der Waals surface area contributed by atoms with Crippen molar-refractivity contribution in [3.05, 3.63) is 140 Å². The molecule has 8 rings (SSSR count). The van der Waals surface area contributed by atoms with Crippen LogP contribution in [0, 0.1) is 5.82 Å². The normalized spacial score (nSPS) is 14.6. The van der Waals surface area contributed by atoms with Crippen molar-refractivity contribution in [3.63, 3.8) is 0 Å². The van der Waals surface area contributed by atoms with Gasteiger partial charge in [-0.1, -0.05) is 36.4 Å². The van der Waals surface area contributed by atoms with E-state index in [1.807, 2.05) is 13.0 Å². The van der Waals surface area contributed by atoms with E-state index in [4.69, 9.17) is 18.9 Å². The maximum atomic E-state index is 16.8. The minimum atomic E-state index is -4.68. The van der Waals surface area contributed by atoms with Gasteiger partial charge in [-0.2, -0.15) is 13.2 Å². The lowest BCUT2D eigenvalue weighted by Crippen LogP contribution is -2.31. The molecule has 0 saturated heterocycles. The molecular formula is C49H50F4N4O9S2. The molecule has 0 aliphatic heterocycles. The van der Waals surface area contributed by atoms with Crippen molar-refractivity contribution in [2.45, 2.75) is 64.1 Å². The molecule has 2 aromatic heterocycles. The van der Waals surface area contributed by atoms with Crippen molar-refractivity contribution in [3.8, 4) is 34.1 Å². The third kappa shape index (κ3) is 9.42. The number of nitrogens with zero attached hydrogens (tertiary/aromatic N) is 4. The van der Waals surface area contributed by atoms with Gasteiger partial charge in [0.05, 0.1) is 66.3 Å². The summed E-state index contributed by atoms with van der Waals surface area (Å²) in [5.74, 6) is 0.258. The second-order valence-corrected chi connectivity index (χ2v) is 20.4. The van der Waals surface area contributed by atoms with Crippen molar-refractivity contribution in [2.75, 3.05) is 44.8 Å². The van der Waals surface area contributed by atoms with E-state index in [0.717, 1.165) is 41.9 Å². The molecule has 0 N–H and O–H groups in total. The minimum Gasteiger partial charge on any atom is -0.493 e. The Labute approximate surface area is 391 Å². The van der Waals surface area contributed by atoms with Gasteiger partial charge in [-0.3, -0.25) is 22.5 Å². The Morgan fingerprint density at radius 3 is 1.96 bits per heavy atom. The van der Waals surface area contributed by atoms with E-state index in [1.165, 1.54) is 37.0 Å². The molecule has 5 aromatic carbocycles. The number of hydrogen-bond donors (Lipinski definition) is 0. The van der Waals surface area contributed by atoms with Gasteiger partial charge in [-0.05, 0) is 98.0 Å². The summed E-state index contributed by atoms with van der Waals surface area (Å²) < 4.78 is 126. The van der Waals surface area contributed by atoms with Crippen LogP contribution >= 0.6 is 0 Å². The first-order chi connectivity index (χ1) is 32.4. The highest BCUT2D eigenvalue weighted by atomic mass is 32.2. The molecular weight excluding hydrogens is 929 g/mol. The Morgan fingerprint density at radius 1 is 0.750 bits per heavy atom. The highest BCUT2D eigenvalue weighted by molar-refractivity contribution is 7.90. The zero-order valence-corrected chi connectivity index (χ0v) is 39.8. The first-order valence-electron chi connectivity index (χ1n) is 21.8. The number of imidazole rings is 2. The van der Waals surface area contributed by atoms with Gasteiger partial charge in [-0.15, -0.1) is 0 Å². The fourth-order valence-corrected chi connectivity index (χ4v) is 10.6. The number of alkyl halides is 3. The Hall–Kier alpha value is -6.34. The Bertz CT molecular complexity index is 3320. The summed E-state index contributed by atoms with van der Waals surface area (Å²) in [7, 11) is -2.21.